The van der Waals surface area contributed by atoms with Crippen molar-refractivity contribution < 1.29 is 9.47 Å². The molecule has 3 atom stereocenters. The van der Waals surface area contributed by atoms with Crippen molar-refractivity contribution in [1.29, 1.82) is 0 Å². The summed E-state index contributed by atoms with van der Waals surface area (Å²) in [6.07, 6.45) is 8.99. The lowest BCUT2D eigenvalue weighted by atomic mass is 9.75. The van der Waals surface area contributed by atoms with E-state index in [1.54, 1.807) is 0 Å². The van der Waals surface area contributed by atoms with E-state index < -0.39 is 0 Å². The Labute approximate surface area is 113 Å². The molecule has 1 aliphatic carbocycles. The van der Waals surface area contributed by atoms with E-state index in [1.165, 1.54) is 32.1 Å². The lowest BCUT2D eigenvalue weighted by Crippen LogP contribution is -2.46. The van der Waals surface area contributed by atoms with Gasteiger partial charge in [0.25, 0.3) is 0 Å². The summed E-state index contributed by atoms with van der Waals surface area (Å²) in [5.41, 5.74) is 0.177. The van der Waals surface area contributed by atoms with Gasteiger partial charge in [0.1, 0.15) is 0 Å². The van der Waals surface area contributed by atoms with Crippen LogP contribution in [0.1, 0.15) is 44.9 Å². The summed E-state index contributed by atoms with van der Waals surface area (Å²) in [5.74, 6) is 1.78. The van der Waals surface area contributed by atoms with E-state index in [0.717, 1.165) is 49.3 Å². The summed E-state index contributed by atoms with van der Waals surface area (Å²) in [4.78, 5) is 0.766. The van der Waals surface area contributed by atoms with E-state index in [0.29, 0.717) is 0 Å². The van der Waals surface area contributed by atoms with Crippen LogP contribution in [0.25, 0.3) is 0 Å². The Balaban J connectivity index is 1.66. The van der Waals surface area contributed by atoms with E-state index in [4.69, 9.17) is 9.47 Å². The monoisotopic (exact) mass is 302 g/mol. The zero-order chi connectivity index (χ0) is 11.7. The van der Waals surface area contributed by atoms with Crippen LogP contribution >= 0.6 is 15.9 Å². The third kappa shape index (κ3) is 2.57. The number of rotatable bonds is 1. The Morgan fingerprint density at radius 3 is 2.53 bits per heavy atom. The highest BCUT2D eigenvalue weighted by atomic mass is 79.9. The molecule has 1 spiro atoms. The van der Waals surface area contributed by atoms with Gasteiger partial charge in [-0.15, -0.1) is 0 Å². The zero-order valence-electron chi connectivity index (χ0n) is 10.5. The molecular formula is C14H23BrO2. The molecule has 0 aromatic heterocycles. The molecule has 2 heterocycles. The quantitative estimate of drug-likeness (QED) is 0.690. The molecule has 2 aliphatic heterocycles. The largest absolute Gasteiger partial charge is 0.381 e. The molecule has 0 aromatic carbocycles. The first kappa shape index (κ1) is 12.4. The van der Waals surface area contributed by atoms with Crippen LogP contribution in [0.5, 0.6) is 0 Å². The number of hydrogen-bond donors (Lipinski definition) is 0. The summed E-state index contributed by atoms with van der Waals surface area (Å²) in [6.45, 7) is 2.77. The van der Waals surface area contributed by atoms with Gasteiger partial charge in [0.15, 0.2) is 0 Å². The first-order valence-corrected chi connectivity index (χ1v) is 8.06. The van der Waals surface area contributed by atoms with Crippen LogP contribution in [0.15, 0.2) is 0 Å². The number of halogens is 1. The fraction of sp³-hybridized carbons (Fsp3) is 1.00. The van der Waals surface area contributed by atoms with Crippen LogP contribution in [-0.2, 0) is 9.47 Å². The van der Waals surface area contributed by atoms with E-state index in [1.807, 2.05) is 0 Å². The second-order valence-corrected chi connectivity index (χ2v) is 7.18. The lowest BCUT2D eigenvalue weighted by molar-refractivity contribution is -0.152. The van der Waals surface area contributed by atoms with Crippen LogP contribution in [0.2, 0.25) is 0 Å². The standard InChI is InChI=1S/C14H23BrO2/c15-13-3-1-2-12(13)11-4-7-17-14(10-11)5-8-16-9-6-14/h11-13H,1-10H2. The Kier molecular flexibility index (Phi) is 3.79. The van der Waals surface area contributed by atoms with Crippen molar-refractivity contribution in [3.8, 4) is 0 Å². The third-order valence-corrected chi connectivity index (χ3v) is 6.16. The molecule has 2 nitrogen and oxygen atoms in total. The fourth-order valence-corrected chi connectivity index (χ4v) is 5.02. The molecule has 0 amide bonds. The summed E-state index contributed by atoms with van der Waals surface area (Å²) in [6, 6.07) is 0. The zero-order valence-corrected chi connectivity index (χ0v) is 12.1. The first-order valence-electron chi connectivity index (χ1n) is 7.15. The fourth-order valence-electron chi connectivity index (χ4n) is 4.00. The molecule has 3 aliphatic rings. The van der Waals surface area contributed by atoms with E-state index in [2.05, 4.69) is 15.9 Å². The normalized spacial score (nSPS) is 41.8. The topological polar surface area (TPSA) is 18.5 Å². The van der Waals surface area contributed by atoms with Crippen LogP contribution < -0.4 is 0 Å². The molecule has 0 radical (unpaired) electrons. The molecule has 0 bridgehead atoms. The minimum Gasteiger partial charge on any atom is -0.381 e. The molecule has 0 N–H and O–H groups in total. The van der Waals surface area contributed by atoms with Gasteiger partial charge in [0, 0.05) is 24.6 Å². The summed E-state index contributed by atoms with van der Waals surface area (Å²) < 4.78 is 11.6. The molecule has 1 saturated carbocycles. The molecule has 2 saturated heterocycles. The van der Waals surface area contributed by atoms with Crippen LogP contribution in [-0.4, -0.2) is 30.2 Å². The van der Waals surface area contributed by atoms with Gasteiger partial charge in [-0.3, -0.25) is 0 Å². The summed E-state index contributed by atoms with van der Waals surface area (Å²) in [7, 11) is 0. The van der Waals surface area contributed by atoms with Crippen molar-refractivity contribution in [3.05, 3.63) is 0 Å². The van der Waals surface area contributed by atoms with Crippen molar-refractivity contribution >= 4 is 15.9 Å². The van der Waals surface area contributed by atoms with Gasteiger partial charge in [-0.25, -0.2) is 0 Å². The molecule has 98 valence electrons. The maximum Gasteiger partial charge on any atom is 0.0729 e. The molecule has 3 rings (SSSR count). The maximum absolute atomic E-state index is 6.14. The molecular weight excluding hydrogens is 280 g/mol. The van der Waals surface area contributed by atoms with Crippen LogP contribution in [0, 0.1) is 11.8 Å². The minimum absolute atomic E-state index is 0.177. The molecule has 17 heavy (non-hydrogen) atoms. The van der Waals surface area contributed by atoms with Gasteiger partial charge < -0.3 is 9.47 Å². The number of ether oxygens (including phenoxy) is 2. The molecule has 3 fully saturated rings. The van der Waals surface area contributed by atoms with Gasteiger partial charge in [0.05, 0.1) is 5.60 Å². The van der Waals surface area contributed by atoms with Crippen molar-refractivity contribution in [2.75, 3.05) is 19.8 Å². The van der Waals surface area contributed by atoms with E-state index in [-0.39, 0.29) is 5.60 Å². The smallest absolute Gasteiger partial charge is 0.0729 e. The molecule has 3 unspecified atom stereocenters. The molecule has 3 heteroatoms. The van der Waals surface area contributed by atoms with Gasteiger partial charge >= 0.3 is 0 Å². The van der Waals surface area contributed by atoms with Gasteiger partial charge in [-0.05, 0) is 50.4 Å². The second kappa shape index (κ2) is 5.18. The Bertz CT molecular complexity index is 257. The van der Waals surface area contributed by atoms with Crippen molar-refractivity contribution in [1.82, 2.24) is 0 Å². The SMILES string of the molecule is BrC1CCCC1C1CCOC2(CCOCC2)C1. The maximum atomic E-state index is 6.14. The number of hydrogen-bond acceptors (Lipinski definition) is 2. The Morgan fingerprint density at radius 2 is 1.82 bits per heavy atom. The minimum atomic E-state index is 0.177. The average molecular weight is 303 g/mol. The highest BCUT2D eigenvalue weighted by molar-refractivity contribution is 9.09. The highest BCUT2D eigenvalue weighted by Gasteiger charge is 2.43. The predicted molar refractivity (Wildman–Crippen MR) is 71.5 cm³/mol. The third-order valence-electron chi connectivity index (χ3n) is 5.02. The van der Waals surface area contributed by atoms with E-state index in [9.17, 15) is 0 Å². The second-order valence-electron chi connectivity index (χ2n) is 6.01. The Morgan fingerprint density at radius 1 is 1.00 bits per heavy atom. The van der Waals surface area contributed by atoms with Crippen LogP contribution in [0.3, 0.4) is 0 Å². The first-order chi connectivity index (χ1) is 8.29. The summed E-state index contributed by atoms with van der Waals surface area (Å²) in [5, 5.41) is 0. The van der Waals surface area contributed by atoms with Gasteiger partial charge in [0.2, 0.25) is 0 Å². The van der Waals surface area contributed by atoms with Crippen molar-refractivity contribution in [3.63, 3.8) is 0 Å². The lowest BCUT2D eigenvalue weighted by Gasteiger charge is -2.45. The Hall–Kier alpha value is 0.400. The number of alkyl halides is 1. The summed E-state index contributed by atoms with van der Waals surface area (Å²) >= 11 is 3.89. The van der Waals surface area contributed by atoms with Crippen molar-refractivity contribution in [2.45, 2.75) is 55.4 Å². The predicted octanol–water partition coefficient (Wildman–Crippen LogP) is 3.53. The average Bonchev–Trinajstić information content (AvgIpc) is 2.77. The van der Waals surface area contributed by atoms with E-state index >= 15 is 0 Å². The van der Waals surface area contributed by atoms with Crippen LogP contribution in [0.4, 0.5) is 0 Å². The van der Waals surface area contributed by atoms with Gasteiger partial charge in [-0.2, -0.15) is 0 Å². The highest BCUT2D eigenvalue weighted by Crippen LogP contribution is 2.46. The van der Waals surface area contributed by atoms with Crippen molar-refractivity contribution in [2.24, 2.45) is 11.8 Å². The molecule has 0 aromatic rings. The van der Waals surface area contributed by atoms with Gasteiger partial charge in [-0.1, -0.05) is 22.4 Å².